The number of benzene rings is 2. The van der Waals surface area contributed by atoms with Gasteiger partial charge in [-0.25, -0.2) is 8.42 Å². The quantitative estimate of drug-likeness (QED) is 0.0494. The molecule has 0 atom stereocenters. The molecule has 3 rings (SSSR count). The van der Waals surface area contributed by atoms with Crippen molar-refractivity contribution < 1.29 is 51.9 Å². The lowest BCUT2D eigenvalue weighted by Gasteiger charge is -2.14. The van der Waals surface area contributed by atoms with Crippen molar-refractivity contribution in [3.63, 3.8) is 0 Å². The summed E-state index contributed by atoms with van der Waals surface area (Å²) in [6.07, 6.45) is 0.108. The van der Waals surface area contributed by atoms with Gasteiger partial charge in [0, 0.05) is 28.6 Å². The third-order valence-electron chi connectivity index (χ3n) is 5.11. The lowest BCUT2D eigenvalue weighted by atomic mass is 10.3. The third-order valence-corrected chi connectivity index (χ3v) is 9.56. The Bertz CT molecular complexity index is 1970. The number of aromatic nitrogens is 3. The molecule has 242 valence electrons. The number of anilines is 6. The van der Waals surface area contributed by atoms with Gasteiger partial charge in [-0.3, -0.25) is 13.7 Å². The first-order valence-electron chi connectivity index (χ1n) is 11.7. The van der Waals surface area contributed by atoms with E-state index in [0.717, 1.165) is 6.07 Å². The Morgan fingerprint density at radius 2 is 1.43 bits per heavy atom. The van der Waals surface area contributed by atoms with Gasteiger partial charge in [0.25, 0.3) is 30.4 Å². The number of thioether (sulfide) groups is 1. The van der Waals surface area contributed by atoms with E-state index >= 15 is 0 Å². The van der Waals surface area contributed by atoms with Crippen molar-refractivity contribution in [1.82, 2.24) is 15.0 Å². The first kappa shape index (κ1) is 35.1. The van der Waals surface area contributed by atoms with Crippen LogP contribution >= 0.6 is 11.8 Å². The van der Waals surface area contributed by atoms with E-state index in [-0.39, 0.29) is 30.5 Å². The van der Waals surface area contributed by atoms with Gasteiger partial charge in [-0.2, -0.15) is 40.2 Å². The van der Waals surface area contributed by atoms with Gasteiger partial charge in [0.05, 0.1) is 26.5 Å². The van der Waals surface area contributed by atoms with Crippen LogP contribution in [-0.2, 0) is 40.5 Å². The van der Waals surface area contributed by atoms with Crippen LogP contribution in [0.4, 0.5) is 34.9 Å². The maximum atomic E-state index is 11.9. The van der Waals surface area contributed by atoms with Crippen LogP contribution in [0, 0.1) is 0 Å². The standard InChI is InChI=1S/C20H25N7O12S5/c21-14-10-12(2-4-16(14)40-7-1-8-41(28,29)30)23-19-25-18(22-6-9-42(31,32)33)26-20(27-19)24-15-11-13(43(34,35)36)3-5-17(15)44(37,38)39/h2-5,10-11H,1,6-9,21H2,(H,28,29,30)(H,31,32,33)(H,34,35,36)(H,37,38,39)(H3,22,23,24,25,26,27)/p-1. The molecule has 2 aromatic carbocycles. The third kappa shape index (κ3) is 11.3. The Kier molecular flexibility index (Phi) is 11.0. The molecule has 1 heterocycles. The number of nitrogens with one attached hydrogen (secondary N) is 3. The number of nitrogens with zero attached hydrogens (tertiary/aromatic N) is 3. The number of nitrogens with two attached hydrogens (primary N) is 1. The van der Waals surface area contributed by atoms with Gasteiger partial charge in [0.15, 0.2) is 0 Å². The molecule has 0 amide bonds. The predicted molar refractivity (Wildman–Crippen MR) is 158 cm³/mol. The lowest BCUT2D eigenvalue weighted by molar-refractivity contribution is 0.462. The zero-order valence-corrected chi connectivity index (χ0v) is 26.1. The Balaban J connectivity index is 1.94. The van der Waals surface area contributed by atoms with E-state index in [4.69, 9.17) is 10.3 Å². The molecule has 24 heteroatoms. The molecule has 0 aliphatic heterocycles. The maximum Gasteiger partial charge on any atom is 0.296 e. The molecule has 0 fully saturated rings. The number of rotatable bonds is 15. The van der Waals surface area contributed by atoms with Crippen LogP contribution in [0.3, 0.4) is 0 Å². The van der Waals surface area contributed by atoms with E-state index in [9.17, 15) is 47.3 Å². The summed E-state index contributed by atoms with van der Waals surface area (Å²) >= 11 is 1.21. The molecule has 0 aliphatic carbocycles. The van der Waals surface area contributed by atoms with Gasteiger partial charge in [0.1, 0.15) is 4.90 Å². The number of hydrogen-bond donors (Lipinski definition) is 7. The summed E-state index contributed by atoms with van der Waals surface area (Å²) in [5.74, 6) is -1.98. The fraction of sp³-hybridized carbons (Fsp3) is 0.250. The largest absolute Gasteiger partial charge is 0.748 e. The van der Waals surface area contributed by atoms with Crippen molar-refractivity contribution in [2.24, 2.45) is 0 Å². The fourth-order valence-corrected chi connectivity index (χ4v) is 6.35. The molecule has 0 bridgehead atoms. The summed E-state index contributed by atoms with van der Waals surface area (Å²) in [5.41, 5.74) is 6.06. The van der Waals surface area contributed by atoms with Crippen molar-refractivity contribution in [2.45, 2.75) is 21.1 Å². The summed E-state index contributed by atoms with van der Waals surface area (Å²) in [6.45, 7) is -0.386. The highest BCUT2D eigenvalue weighted by Gasteiger charge is 2.21. The first-order chi connectivity index (χ1) is 20.2. The average molecular weight is 715 g/mol. The van der Waals surface area contributed by atoms with E-state index in [1.807, 2.05) is 0 Å². The zero-order valence-electron chi connectivity index (χ0n) is 22.0. The summed E-state index contributed by atoms with van der Waals surface area (Å²) < 4.78 is 129. The predicted octanol–water partition coefficient (Wildman–Crippen LogP) is 0.762. The maximum absolute atomic E-state index is 11.9. The minimum atomic E-state index is -4.94. The minimum absolute atomic E-state index is 0.108. The van der Waals surface area contributed by atoms with E-state index < -0.39 is 73.4 Å². The molecule has 0 unspecified atom stereocenters. The second kappa shape index (κ2) is 13.7. The van der Waals surface area contributed by atoms with E-state index in [2.05, 4.69) is 30.9 Å². The van der Waals surface area contributed by atoms with Crippen molar-refractivity contribution in [2.75, 3.05) is 45.5 Å². The van der Waals surface area contributed by atoms with E-state index in [1.165, 1.54) is 23.9 Å². The zero-order chi connectivity index (χ0) is 32.9. The molecule has 1 aromatic heterocycles. The van der Waals surface area contributed by atoms with Gasteiger partial charge in [-0.05, 0) is 48.6 Å². The molecule has 0 spiro atoms. The van der Waals surface area contributed by atoms with Crippen LogP contribution in [-0.4, -0.2) is 90.6 Å². The molecule has 0 saturated heterocycles. The topological polar surface area (TPSA) is 321 Å². The number of hydrogen-bond acceptors (Lipinski definition) is 17. The van der Waals surface area contributed by atoms with Crippen molar-refractivity contribution >= 4 is 87.1 Å². The van der Waals surface area contributed by atoms with Gasteiger partial charge in [0.2, 0.25) is 17.8 Å². The summed E-state index contributed by atoms with van der Waals surface area (Å²) in [4.78, 5) is 11.1. The van der Waals surface area contributed by atoms with Crippen LogP contribution in [0.1, 0.15) is 6.42 Å². The number of nitrogen functional groups attached to an aromatic ring is 1. The van der Waals surface area contributed by atoms with Gasteiger partial charge in [-0.15, -0.1) is 11.8 Å². The molecular formula is C20H24N7O12S5-. The van der Waals surface area contributed by atoms with Crippen molar-refractivity contribution in [3.8, 4) is 0 Å². The Morgan fingerprint density at radius 3 is 2.00 bits per heavy atom. The average Bonchev–Trinajstić information content (AvgIpc) is 2.85. The van der Waals surface area contributed by atoms with Crippen LogP contribution in [0.25, 0.3) is 0 Å². The fourth-order valence-electron chi connectivity index (χ4n) is 3.28. The van der Waals surface area contributed by atoms with Crippen LogP contribution in [0.15, 0.2) is 51.1 Å². The Morgan fingerprint density at radius 1 is 0.795 bits per heavy atom. The monoisotopic (exact) mass is 714 g/mol. The smallest absolute Gasteiger partial charge is 0.296 e. The SMILES string of the molecule is Nc1cc(Nc2nc(NCCS(=O)(=O)O)nc(Nc3cc(S(=O)(=O)O)ccc3S(=O)(=O)O)n2)ccc1SCCCS(=O)(=O)[O-]. The minimum Gasteiger partial charge on any atom is -0.748 e. The highest BCUT2D eigenvalue weighted by Crippen LogP contribution is 2.30. The van der Waals surface area contributed by atoms with Crippen LogP contribution in [0.5, 0.6) is 0 Å². The molecule has 0 aliphatic rings. The first-order valence-corrected chi connectivity index (χ1v) is 18.8. The van der Waals surface area contributed by atoms with Crippen molar-refractivity contribution in [1.29, 1.82) is 0 Å². The molecule has 0 radical (unpaired) electrons. The molecule has 8 N–H and O–H groups in total. The summed E-state index contributed by atoms with van der Waals surface area (Å²) in [7, 11) is -18.5. The van der Waals surface area contributed by atoms with Gasteiger partial charge >= 0.3 is 0 Å². The van der Waals surface area contributed by atoms with Crippen LogP contribution < -0.4 is 21.7 Å². The Hall–Kier alpha value is -3.36. The second-order valence-corrected chi connectivity index (χ2v) is 15.6. The highest BCUT2D eigenvalue weighted by atomic mass is 32.2. The second-order valence-electron chi connectivity index (χ2n) is 8.59. The molecule has 3 aromatic rings. The Labute approximate surface area is 256 Å². The summed E-state index contributed by atoms with van der Waals surface area (Å²) in [6, 6.07) is 6.69. The van der Waals surface area contributed by atoms with Gasteiger partial charge in [-0.1, -0.05) is 0 Å². The normalized spacial score (nSPS) is 12.5. The molecule has 19 nitrogen and oxygen atoms in total. The molecular weight excluding hydrogens is 691 g/mol. The van der Waals surface area contributed by atoms with Crippen molar-refractivity contribution in [3.05, 3.63) is 36.4 Å². The van der Waals surface area contributed by atoms with Gasteiger partial charge < -0.3 is 26.2 Å². The summed E-state index contributed by atoms with van der Waals surface area (Å²) in [5, 5.41) is 7.71. The van der Waals surface area contributed by atoms with E-state index in [1.54, 1.807) is 6.07 Å². The molecule has 44 heavy (non-hydrogen) atoms. The van der Waals surface area contributed by atoms with Crippen LogP contribution in [0.2, 0.25) is 0 Å². The highest BCUT2D eigenvalue weighted by molar-refractivity contribution is 7.99. The lowest BCUT2D eigenvalue weighted by Crippen LogP contribution is -2.17. The van der Waals surface area contributed by atoms with E-state index in [0.29, 0.717) is 28.5 Å². The molecule has 0 saturated carbocycles.